The van der Waals surface area contributed by atoms with Gasteiger partial charge in [-0.1, -0.05) is 34.8 Å². The fraction of sp³-hybridized carbons (Fsp3) is 0.400. The monoisotopic (exact) mass is 360 g/mol. The fourth-order valence-electron chi connectivity index (χ4n) is 1.33. The first-order chi connectivity index (χ1) is 8.73. The van der Waals surface area contributed by atoms with Crippen molar-refractivity contribution in [2.45, 2.75) is 22.2 Å². The zero-order chi connectivity index (χ0) is 15.9. The zero-order valence-corrected chi connectivity index (χ0v) is 11.4. The molecule has 0 aliphatic carbocycles. The van der Waals surface area contributed by atoms with Gasteiger partial charge >= 0.3 is 12.4 Å². The van der Waals surface area contributed by atoms with E-state index < -0.39 is 38.9 Å². The first kappa shape index (κ1) is 17.7. The molecule has 0 radical (unpaired) electrons. The van der Waals surface area contributed by atoms with E-state index in [1.165, 1.54) is 0 Å². The van der Waals surface area contributed by atoms with E-state index in [-0.39, 0.29) is 6.07 Å². The molecule has 0 spiro atoms. The highest BCUT2D eigenvalue weighted by Crippen LogP contribution is 2.43. The molecule has 20 heavy (non-hydrogen) atoms. The Bertz CT molecular complexity index is 459. The number of aliphatic hydroxyl groups excluding tert-OH is 1. The molecule has 1 atom stereocenters. The van der Waals surface area contributed by atoms with Crippen molar-refractivity contribution >= 4 is 34.8 Å². The topological polar surface area (TPSA) is 20.2 Å². The molecular formula is C10H5Cl3F6O. The summed E-state index contributed by atoms with van der Waals surface area (Å²) >= 11 is 15.8. The second-order valence-corrected chi connectivity index (χ2v) is 6.15. The summed E-state index contributed by atoms with van der Waals surface area (Å²) in [6.07, 6.45) is -12.2. The van der Waals surface area contributed by atoms with Crippen LogP contribution in [0.25, 0.3) is 0 Å². The summed E-state index contributed by atoms with van der Waals surface area (Å²) in [5.74, 6) is 0. The predicted molar refractivity (Wildman–Crippen MR) is 61.7 cm³/mol. The lowest BCUT2D eigenvalue weighted by Crippen LogP contribution is -2.19. The molecule has 114 valence electrons. The molecule has 10 heteroatoms. The van der Waals surface area contributed by atoms with Crippen molar-refractivity contribution < 1.29 is 31.4 Å². The van der Waals surface area contributed by atoms with Crippen molar-refractivity contribution in [2.75, 3.05) is 0 Å². The summed E-state index contributed by atoms with van der Waals surface area (Å²) in [7, 11) is 0. The van der Waals surface area contributed by atoms with E-state index >= 15 is 0 Å². The van der Waals surface area contributed by atoms with Crippen molar-refractivity contribution in [1.82, 2.24) is 0 Å². The van der Waals surface area contributed by atoms with Gasteiger partial charge in [-0.05, 0) is 23.8 Å². The zero-order valence-electron chi connectivity index (χ0n) is 9.16. The standard InChI is InChI=1S/C10H5Cl3F6O/c11-8(12,13)7(20)4-1-5(9(14,15)16)3-6(2-4)10(17,18)19/h1-3,7,20H. The van der Waals surface area contributed by atoms with Gasteiger partial charge in [0.1, 0.15) is 6.10 Å². The van der Waals surface area contributed by atoms with E-state index in [2.05, 4.69) is 0 Å². The Morgan fingerprint density at radius 3 is 1.40 bits per heavy atom. The molecule has 1 nitrogen and oxygen atoms in total. The van der Waals surface area contributed by atoms with Crippen molar-refractivity contribution in [2.24, 2.45) is 0 Å². The van der Waals surface area contributed by atoms with E-state index in [9.17, 15) is 31.4 Å². The van der Waals surface area contributed by atoms with Crippen LogP contribution in [0.5, 0.6) is 0 Å². The second-order valence-electron chi connectivity index (χ2n) is 3.78. The molecule has 0 aliphatic heterocycles. The van der Waals surface area contributed by atoms with Crippen molar-refractivity contribution in [3.05, 3.63) is 34.9 Å². The number of benzene rings is 1. The largest absolute Gasteiger partial charge is 0.416 e. The first-order valence-electron chi connectivity index (χ1n) is 4.77. The van der Waals surface area contributed by atoms with Crippen LogP contribution in [-0.2, 0) is 12.4 Å². The normalized spacial score (nSPS) is 15.3. The summed E-state index contributed by atoms with van der Waals surface area (Å²) in [5.41, 5.74) is -4.00. The molecule has 0 heterocycles. The molecule has 1 aromatic carbocycles. The van der Waals surface area contributed by atoms with Crippen LogP contribution in [0, 0.1) is 0 Å². The molecule has 0 aromatic heterocycles. The molecule has 0 aliphatic rings. The van der Waals surface area contributed by atoms with E-state index in [1.54, 1.807) is 0 Å². The molecule has 1 rings (SSSR count). The molecule has 1 aromatic rings. The first-order valence-corrected chi connectivity index (χ1v) is 5.90. The molecule has 0 saturated carbocycles. The van der Waals surface area contributed by atoms with Crippen LogP contribution in [0.15, 0.2) is 18.2 Å². The minimum Gasteiger partial charge on any atom is -0.384 e. The molecule has 1 N–H and O–H groups in total. The quantitative estimate of drug-likeness (QED) is 0.543. The smallest absolute Gasteiger partial charge is 0.384 e. The lowest BCUT2D eigenvalue weighted by molar-refractivity contribution is -0.143. The maximum absolute atomic E-state index is 12.5. The van der Waals surface area contributed by atoms with Gasteiger partial charge in [-0.3, -0.25) is 0 Å². The third kappa shape index (κ3) is 4.31. The van der Waals surface area contributed by atoms with Crippen LogP contribution in [0.3, 0.4) is 0 Å². The second kappa shape index (κ2) is 5.44. The van der Waals surface area contributed by atoms with Crippen LogP contribution in [-0.4, -0.2) is 8.90 Å². The molecular weight excluding hydrogens is 356 g/mol. The SMILES string of the molecule is OC(c1cc(C(F)(F)F)cc(C(F)(F)F)c1)C(Cl)(Cl)Cl. The molecule has 0 amide bonds. The van der Waals surface area contributed by atoms with Gasteiger partial charge in [-0.15, -0.1) is 0 Å². The Balaban J connectivity index is 3.47. The Morgan fingerprint density at radius 2 is 1.15 bits per heavy atom. The highest BCUT2D eigenvalue weighted by atomic mass is 35.6. The molecule has 0 saturated heterocycles. The van der Waals surface area contributed by atoms with Crippen molar-refractivity contribution in [3.63, 3.8) is 0 Å². The average molecular weight is 361 g/mol. The number of hydrogen-bond donors (Lipinski definition) is 1. The third-order valence-corrected chi connectivity index (χ3v) is 2.86. The van der Waals surface area contributed by atoms with Crippen LogP contribution < -0.4 is 0 Å². The minimum absolute atomic E-state index is 0.0887. The Morgan fingerprint density at radius 1 is 0.800 bits per heavy atom. The number of hydrogen-bond acceptors (Lipinski definition) is 1. The Labute approximate surface area is 124 Å². The Kier molecular flexibility index (Phi) is 4.81. The molecule has 1 unspecified atom stereocenters. The summed E-state index contributed by atoms with van der Waals surface area (Å²) < 4.78 is 72.8. The maximum Gasteiger partial charge on any atom is 0.416 e. The summed E-state index contributed by atoms with van der Waals surface area (Å²) in [4.78, 5) is 0. The lowest BCUT2D eigenvalue weighted by Gasteiger charge is -2.21. The average Bonchev–Trinajstić information content (AvgIpc) is 2.23. The lowest BCUT2D eigenvalue weighted by atomic mass is 10.0. The number of rotatable bonds is 1. The number of alkyl halides is 9. The van der Waals surface area contributed by atoms with E-state index in [0.29, 0.717) is 12.1 Å². The van der Waals surface area contributed by atoms with Gasteiger partial charge in [-0.25, -0.2) is 0 Å². The van der Waals surface area contributed by atoms with E-state index in [4.69, 9.17) is 34.8 Å². The highest BCUT2D eigenvalue weighted by molar-refractivity contribution is 6.68. The number of aliphatic hydroxyl groups is 1. The summed E-state index contributed by atoms with van der Waals surface area (Å²) in [5, 5.41) is 9.51. The fourth-order valence-corrected chi connectivity index (χ4v) is 1.70. The van der Waals surface area contributed by atoms with Gasteiger partial charge in [-0.2, -0.15) is 26.3 Å². The van der Waals surface area contributed by atoms with Gasteiger partial charge in [0, 0.05) is 0 Å². The van der Waals surface area contributed by atoms with E-state index in [0.717, 1.165) is 0 Å². The molecule has 0 bridgehead atoms. The van der Waals surface area contributed by atoms with Crippen LogP contribution in [0.4, 0.5) is 26.3 Å². The van der Waals surface area contributed by atoms with Crippen LogP contribution >= 0.6 is 34.8 Å². The summed E-state index contributed by atoms with van der Waals surface area (Å²) in [6.45, 7) is 0. The highest BCUT2D eigenvalue weighted by Gasteiger charge is 2.40. The van der Waals surface area contributed by atoms with Gasteiger partial charge in [0.15, 0.2) is 0 Å². The minimum atomic E-state index is -5.04. The third-order valence-electron chi connectivity index (χ3n) is 2.24. The van der Waals surface area contributed by atoms with Gasteiger partial charge in [0.05, 0.1) is 11.1 Å². The van der Waals surface area contributed by atoms with Crippen molar-refractivity contribution in [3.8, 4) is 0 Å². The van der Waals surface area contributed by atoms with Crippen LogP contribution in [0.2, 0.25) is 0 Å². The number of halogens is 9. The van der Waals surface area contributed by atoms with E-state index in [1.807, 2.05) is 0 Å². The predicted octanol–water partition coefficient (Wildman–Crippen LogP) is 5.13. The van der Waals surface area contributed by atoms with Gasteiger partial charge < -0.3 is 5.11 Å². The Hall–Kier alpha value is -0.370. The van der Waals surface area contributed by atoms with Crippen LogP contribution in [0.1, 0.15) is 22.8 Å². The van der Waals surface area contributed by atoms with Gasteiger partial charge in [0.25, 0.3) is 0 Å². The maximum atomic E-state index is 12.5. The summed E-state index contributed by atoms with van der Waals surface area (Å²) in [6, 6.07) is 0.498. The van der Waals surface area contributed by atoms with Crippen molar-refractivity contribution in [1.29, 1.82) is 0 Å². The molecule has 0 fully saturated rings. The van der Waals surface area contributed by atoms with Gasteiger partial charge in [0.2, 0.25) is 3.79 Å².